The van der Waals surface area contributed by atoms with Crippen molar-refractivity contribution < 1.29 is 14.6 Å². The molecule has 0 aliphatic carbocycles. The van der Waals surface area contributed by atoms with Gasteiger partial charge in [-0.1, -0.05) is 18.2 Å². The van der Waals surface area contributed by atoms with Gasteiger partial charge in [0.1, 0.15) is 0 Å². The Balaban J connectivity index is 1.58. The second-order valence-electron chi connectivity index (χ2n) is 7.36. The third-order valence-corrected chi connectivity index (χ3v) is 5.69. The van der Waals surface area contributed by atoms with Crippen LogP contribution in [0.2, 0.25) is 0 Å². The second-order valence-corrected chi connectivity index (χ2v) is 7.72. The van der Waals surface area contributed by atoms with Gasteiger partial charge < -0.3 is 14.6 Å². The van der Waals surface area contributed by atoms with E-state index in [2.05, 4.69) is 4.90 Å². The second kappa shape index (κ2) is 7.62. The smallest absolute Gasteiger partial charge is 0.231 e. The summed E-state index contributed by atoms with van der Waals surface area (Å²) in [6.07, 6.45) is 1.54. The van der Waals surface area contributed by atoms with Crippen LogP contribution in [0.25, 0.3) is 17.1 Å². The topological polar surface area (TPSA) is 64.7 Å². The fourth-order valence-electron chi connectivity index (χ4n) is 3.88. The molecule has 3 heterocycles. The first-order valence-electron chi connectivity index (χ1n) is 9.75. The van der Waals surface area contributed by atoms with Crippen LogP contribution in [0.3, 0.4) is 0 Å². The summed E-state index contributed by atoms with van der Waals surface area (Å²) >= 11 is 5.81. The molecule has 29 heavy (non-hydrogen) atoms. The maximum absolute atomic E-state index is 10.0. The van der Waals surface area contributed by atoms with Gasteiger partial charge in [0.25, 0.3) is 0 Å². The minimum atomic E-state index is -0.289. The number of ether oxygens (including phenoxy) is 2. The van der Waals surface area contributed by atoms with Gasteiger partial charge in [0, 0.05) is 24.3 Å². The summed E-state index contributed by atoms with van der Waals surface area (Å²) in [7, 11) is 0. The summed E-state index contributed by atoms with van der Waals surface area (Å²) in [5, 5.41) is 14.9. The van der Waals surface area contributed by atoms with Crippen molar-refractivity contribution in [1.82, 2.24) is 19.2 Å². The maximum atomic E-state index is 10.0. The molecule has 150 valence electrons. The fourth-order valence-corrected chi connectivity index (χ4v) is 4.17. The predicted molar refractivity (Wildman–Crippen MR) is 111 cm³/mol. The summed E-state index contributed by atoms with van der Waals surface area (Å²) in [5.41, 5.74) is 1.86. The van der Waals surface area contributed by atoms with Crippen molar-refractivity contribution in [3.05, 3.63) is 53.3 Å². The van der Waals surface area contributed by atoms with E-state index in [1.165, 1.54) is 0 Å². The molecule has 1 fully saturated rings. The average Bonchev–Trinajstić information content (AvgIpc) is 3.33. The Kier molecular flexibility index (Phi) is 4.83. The highest BCUT2D eigenvalue weighted by atomic mass is 32.1. The molecule has 2 aromatic carbocycles. The fraction of sp³-hybridized carbons (Fsp3) is 0.333. The lowest BCUT2D eigenvalue weighted by atomic mass is 10.1. The zero-order chi connectivity index (χ0) is 19.8. The lowest BCUT2D eigenvalue weighted by Crippen LogP contribution is -2.39. The quantitative estimate of drug-likeness (QED) is 0.667. The van der Waals surface area contributed by atoms with Crippen LogP contribution >= 0.6 is 12.2 Å². The molecule has 0 saturated carbocycles. The van der Waals surface area contributed by atoms with Crippen LogP contribution in [0.15, 0.2) is 48.5 Å². The van der Waals surface area contributed by atoms with E-state index in [1.807, 2.05) is 57.8 Å². The number of rotatable bonds is 4. The molecule has 7 nitrogen and oxygen atoms in total. The number of aliphatic hydroxyl groups is 1. The van der Waals surface area contributed by atoms with Crippen LogP contribution in [0, 0.1) is 4.77 Å². The molecule has 0 unspecified atom stereocenters. The zero-order valence-corrected chi connectivity index (χ0v) is 16.7. The highest BCUT2D eigenvalue weighted by molar-refractivity contribution is 7.71. The Labute approximate surface area is 173 Å². The lowest BCUT2D eigenvalue weighted by molar-refractivity contribution is 0.0513. The highest BCUT2D eigenvalue weighted by Crippen LogP contribution is 2.36. The van der Waals surface area contributed by atoms with Crippen molar-refractivity contribution in [3.63, 3.8) is 0 Å². The Bertz CT molecular complexity index is 1080. The standard InChI is InChI=1S/C21H22N4O3S/c26-17-7-4-10-23(12-17)13-24-21(29)25(16-5-2-1-3-6-16)20(22-24)15-8-9-18-19(11-15)28-14-27-18/h1-3,5-6,8-9,11,17,26H,4,7,10,12-14H2/t17-/m0/s1. The van der Waals surface area contributed by atoms with Crippen LogP contribution < -0.4 is 9.47 Å². The number of benzene rings is 2. The molecule has 1 saturated heterocycles. The first-order valence-corrected chi connectivity index (χ1v) is 10.2. The van der Waals surface area contributed by atoms with Gasteiger partial charge in [0.2, 0.25) is 11.6 Å². The molecule has 8 heteroatoms. The summed E-state index contributed by atoms with van der Waals surface area (Å²) in [5.74, 6) is 2.19. The Morgan fingerprint density at radius 3 is 2.76 bits per heavy atom. The number of aromatic nitrogens is 3. The van der Waals surface area contributed by atoms with Gasteiger partial charge in [-0.05, 0) is 55.4 Å². The summed E-state index contributed by atoms with van der Waals surface area (Å²) in [6.45, 7) is 2.35. The molecule has 0 spiro atoms. The number of aliphatic hydroxyl groups excluding tert-OH is 1. The number of hydrogen-bond donors (Lipinski definition) is 1. The average molecular weight is 410 g/mol. The van der Waals surface area contributed by atoms with Gasteiger partial charge in [0.15, 0.2) is 17.3 Å². The Hall–Kier alpha value is -2.68. The van der Waals surface area contributed by atoms with Crippen LogP contribution in [0.1, 0.15) is 12.8 Å². The molecule has 1 N–H and O–H groups in total. The summed E-state index contributed by atoms with van der Waals surface area (Å²) < 4.78 is 15.4. The lowest BCUT2D eigenvalue weighted by Gasteiger charge is -2.29. The van der Waals surface area contributed by atoms with Gasteiger partial charge in [0.05, 0.1) is 12.8 Å². The number of piperidine rings is 1. The van der Waals surface area contributed by atoms with Crippen molar-refractivity contribution >= 4 is 12.2 Å². The molecular formula is C21H22N4O3S. The first-order chi connectivity index (χ1) is 14.2. The van der Waals surface area contributed by atoms with E-state index in [1.54, 1.807) is 0 Å². The number of para-hydroxylation sites is 1. The normalized spacial score (nSPS) is 18.9. The Morgan fingerprint density at radius 1 is 1.10 bits per heavy atom. The van der Waals surface area contributed by atoms with Gasteiger partial charge in [-0.2, -0.15) is 0 Å². The van der Waals surface area contributed by atoms with Crippen LogP contribution in [0.5, 0.6) is 11.5 Å². The van der Waals surface area contributed by atoms with Gasteiger partial charge in [-0.25, -0.2) is 4.68 Å². The minimum absolute atomic E-state index is 0.232. The molecule has 0 radical (unpaired) electrons. The number of hydrogen-bond acceptors (Lipinski definition) is 6. The van der Waals surface area contributed by atoms with E-state index >= 15 is 0 Å². The predicted octanol–water partition coefficient (Wildman–Crippen LogP) is 3.21. The number of nitrogens with zero attached hydrogens (tertiary/aromatic N) is 4. The van der Waals surface area contributed by atoms with Crippen LogP contribution in [0.4, 0.5) is 0 Å². The maximum Gasteiger partial charge on any atom is 0.231 e. The van der Waals surface area contributed by atoms with E-state index in [0.29, 0.717) is 23.7 Å². The van der Waals surface area contributed by atoms with Crippen LogP contribution in [-0.2, 0) is 6.67 Å². The molecule has 5 rings (SSSR count). The molecule has 0 amide bonds. The molecule has 3 aromatic rings. The van der Waals surface area contributed by atoms with Crippen molar-refractivity contribution in [1.29, 1.82) is 0 Å². The van der Waals surface area contributed by atoms with E-state index < -0.39 is 0 Å². The first kappa shape index (κ1) is 18.4. The minimum Gasteiger partial charge on any atom is -0.454 e. The van der Waals surface area contributed by atoms with Crippen molar-refractivity contribution in [2.45, 2.75) is 25.6 Å². The zero-order valence-electron chi connectivity index (χ0n) is 15.9. The van der Waals surface area contributed by atoms with Crippen molar-refractivity contribution in [3.8, 4) is 28.6 Å². The summed E-state index contributed by atoms with van der Waals surface area (Å²) in [4.78, 5) is 2.19. The number of β-amino-alcohol motifs (C(OH)–C–C–N with tert-alkyl or cyclic N) is 1. The molecule has 2 aliphatic rings. The van der Waals surface area contributed by atoms with E-state index in [9.17, 15) is 5.11 Å². The largest absolute Gasteiger partial charge is 0.454 e. The van der Waals surface area contributed by atoms with Crippen LogP contribution in [-0.4, -0.2) is 50.3 Å². The summed E-state index contributed by atoms with van der Waals surface area (Å²) in [6, 6.07) is 15.8. The highest BCUT2D eigenvalue weighted by Gasteiger charge is 2.22. The van der Waals surface area contributed by atoms with E-state index in [4.69, 9.17) is 26.8 Å². The Morgan fingerprint density at radius 2 is 1.93 bits per heavy atom. The van der Waals surface area contributed by atoms with E-state index in [0.717, 1.165) is 42.2 Å². The van der Waals surface area contributed by atoms with Gasteiger partial charge >= 0.3 is 0 Å². The third-order valence-electron chi connectivity index (χ3n) is 5.30. The van der Waals surface area contributed by atoms with Gasteiger partial charge in [-0.3, -0.25) is 9.47 Å². The molecule has 1 atom stereocenters. The van der Waals surface area contributed by atoms with Crippen molar-refractivity contribution in [2.75, 3.05) is 19.9 Å². The molecule has 1 aromatic heterocycles. The molecule has 2 aliphatic heterocycles. The van der Waals surface area contributed by atoms with Crippen molar-refractivity contribution in [2.24, 2.45) is 0 Å². The number of likely N-dealkylation sites (tertiary alicyclic amines) is 1. The molecule has 0 bridgehead atoms. The van der Waals surface area contributed by atoms with E-state index in [-0.39, 0.29) is 12.9 Å². The van der Waals surface area contributed by atoms with Gasteiger partial charge in [-0.15, -0.1) is 5.10 Å². The SMILES string of the molecule is O[C@H]1CCCN(Cn2nc(-c3ccc4c(c3)OCO4)n(-c3ccccc3)c2=S)C1. The monoisotopic (exact) mass is 410 g/mol. The number of fused-ring (bicyclic) bond motifs is 1. The molecular weight excluding hydrogens is 388 g/mol. The third kappa shape index (κ3) is 3.55.